The number of aliphatic imine (C=N–C) groups is 2. The number of benzene rings is 2. The maximum Gasteiger partial charge on any atom is 0.128 e. The number of aromatic hydroxyl groups is 2. The molecule has 0 aromatic heterocycles. The van der Waals surface area contributed by atoms with E-state index in [2.05, 4.69) is 84.4 Å². The molecular formula is C34H55N2O2Zr-. The third-order valence-electron chi connectivity index (χ3n) is 6.16. The van der Waals surface area contributed by atoms with Gasteiger partial charge in [-0.1, -0.05) is 67.5 Å². The summed E-state index contributed by atoms with van der Waals surface area (Å²) in [5, 5.41) is 20.7. The molecule has 5 heteroatoms. The molecule has 4 nitrogen and oxygen atoms in total. The van der Waals surface area contributed by atoms with Gasteiger partial charge >= 0.3 is 0 Å². The number of rotatable bonds is 8. The molecule has 218 valence electrons. The Morgan fingerprint density at radius 1 is 0.821 bits per heavy atom. The van der Waals surface area contributed by atoms with Gasteiger partial charge < -0.3 is 17.6 Å². The minimum Gasteiger partial charge on any atom is -0.507 e. The summed E-state index contributed by atoms with van der Waals surface area (Å²) in [7, 11) is 0. The first kappa shape index (κ1) is 39.4. The Labute approximate surface area is 259 Å². The molecule has 1 atom stereocenters. The maximum absolute atomic E-state index is 10.4. The van der Waals surface area contributed by atoms with E-state index in [1.54, 1.807) is 6.21 Å². The molecule has 0 spiro atoms. The second kappa shape index (κ2) is 17.8. The summed E-state index contributed by atoms with van der Waals surface area (Å²) < 4.78 is 0. The van der Waals surface area contributed by atoms with Crippen LogP contribution in [-0.2, 0) is 38.0 Å². The van der Waals surface area contributed by atoms with Crippen molar-refractivity contribution >= 4 is 12.4 Å². The zero-order valence-electron chi connectivity index (χ0n) is 27.0. The van der Waals surface area contributed by atoms with Crippen LogP contribution in [0.5, 0.6) is 11.5 Å². The van der Waals surface area contributed by atoms with Gasteiger partial charge in [0.05, 0.1) is 0 Å². The number of hydrogen-bond donors (Lipinski definition) is 2. The standard InChI is InChI=1S/C18H29NO.C15H23NO.CH3.Zr/c1-7-14(6)19-11-16-9-15(8-12(2)3)10-17(13(4)5)18(16)20;1-10(2)16-9-12-7-11(3)8-13(14(12)17)15(4,5)6;;/h9-14,20H,7-8H2,1-6H3;7-10,17H,1-6H3;1H3;/q;;-1;. The van der Waals surface area contributed by atoms with E-state index in [1.165, 1.54) is 5.56 Å². The molecule has 0 bridgehead atoms. The Morgan fingerprint density at radius 3 is 1.82 bits per heavy atom. The summed E-state index contributed by atoms with van der Waals surface area (Å²) in [6, 6.07) is 8.77. The van der Waals surface area contributed by atoms with Crippen LogP contribution in [0.4, 0.5) is 0 Å². The normalized spacial score (nSPS) is 12.5. The summed E-state index contributed by atoms with van der Waals surface area (Å²) in [4.78, 5) is 8.84. The van der Waals surface area contributed by atoms with Crippen molar-refractivity contribution in [3.63, 3.8) is 0 Å². The molecular weight excluding hydrogens is 560 g/mol. The van der Waals surface area contributed by atoms with Crippen LogP contribution < -0.4 is 0 Å². The van der Waals surface area contributed by atoms with E-state index >= 15 is 0 Å². The number of phenolic OH excluding ortho intramolecular Hbond substituents is 2. The van der Waals surface area contributed by atoms with Gasteiger partial charge in [0.2, 0.25) is 0 Å². The quantitative estimate of drug-likeness (QED) is 0.230. The van der Waals surface area contributed by atoms with Crippen LogP contribution in [-0.4, -0.2) is 34.7 Å². The van der Waals surface area contributed by atoms with Gasteiger partial charge in [-0.3, -0.25) is 9.98 Å². The van der Waals surface area contributed by atoms with Gasteiger partial charge in [-0.2, -0.15) is 0 Å². The predicted octanol–water partition coefficient (Wildman–Crippen LogP) is 9.20. The first-order valence-electron chi connectivity index (χ1n) is 13.8. The topological polar surface area (TPSA) is 65.2 Å². The third kappa shape index (κ3) is 13.4. The summed E-state index contributed by atoms with van der Waals surface area (Å²) in [5.41, 5.74) is 6.04. The number of phenols is 2. The van der Waals surface area contributed by atoms with Crippen LogP contribution in [0.1, 0.15) is 122 Å². The number of aryl methyl sites for hydroxylation is 1. The Kier molecular flexibility index (Phi) is 18.0. The van der Waals surface area contributed by atoms with E-state index in [4.69, 9.17) is 0 Å². The van der Waals surface area contributed by atoms with Gasteiger partial charge in [0.1, 0.15) is 11.5 Å². The zero-order chi connectivity index (χ0) is 28.5. The van der Waals surface area contributed by atoms with Crippen molar-refractivity contribution in [1.82, 2.24) is 0 Å². The fourth-order valence-corrected chi connectivity index (χ4v) is 3.89. The van der Waals surface area contributed by atoms with Crippen molar-refractivity contribution in [1.29, 1.82) is 0 Å². The molecule has 39 heavy (non-hydrogen) atoms. The molecule has 0 heterocycles. The van der Waals surface area contributed by atoms with Crippen molar-refractivity contribution in [3.05, 3.63) is 65.1 Å². The first-order chi connectivity index (χ1) is 17.1. The number of hydrogen-bond acceptors (Lipinski definition) is 4. The molecule has 0 aliphatic rings. The second-order valence-corrected chi connectivity index (χ2v) is 12.3. The molecule has 0 fully saturated rings. The van der Waals surface area contributed by atoms with Crippen LogP contribution in [0.15, 0.2) is 34.3 Å². The zero-order valence-corrected chi connectivity index (χ0v) is 29.4. The largest absolute Gasteiger partial charge is 0.507 e. The monoisotopic (exact) mass is 613 g/mol. The summed E-state index contributed by atoms with van der Waals surface area (Å²) in [5.74, 6) is 1.67. The number of nitrogens with zero attached hydrogens (tertiary/aromatic N) is 2. The molecule has 1 unspecified atom stereocenters. The van der Waals surface area contributed by atoms with Crippen molar-refractivity contribution in [2.45, 2.75) is 119 Å². The van der Waals surface area contributed by atoms with E-state index in [9.17, 15) is 10.2 Å². The van der Waals surface area contributed by atoms with E-state index in [0.717, 1.165) is 40.7 Å². The Balaban J connectivity index is 0. The Morgan fingerprint density at radius 2 is 1.36 bits per heavy atom. The smallest absolute Gasteiger partial charge is 0.128 e. The fraction of sp³-hybridized carbons (Fsp3) is 0.559. The van der Waals surface area contributed by atoms with E-state index in [-0.39, 0.29) is 45.1 Å². The van der Waals surface area contributed by atoms with Gasteiger partial charge in [-0.15, -0.1) is 0 Å². The molecule has 0 saturated carbocycles. The van der Waals surface area contributed by atoms with Crippen LogP contribution in [0.25, 0.3) is 0 Å². The van der Waals surface area contributed by atoms with E-state index < -0.39 is 0 Å². The molecule has 0 amide bonds. The van der Waals surface area contributed by atoms with Gasteiger partial charge in [0.15, 0.2) is 0 Å². The maximum atomic E-state index is 10.4. The minimum absolute atomic E-state index is 0. The molecule has 0 saturated heterocycles. The SMILES string of the molecule is CCC(C)N=Cc1cc(CC(C)C)cc(C(C)C)c1O.Cc1cc(C=NC(C)C)c(O)c(C(C)(C)C)c1.[CH3-].[Zr]. The minimum atomic E-state index is -0.0590. The molecule has 2 rings (SSSR count). The molecule has 2 aromatic rings. The first-order valence-corrected chi connectivity index (χ1v) is 13.8. The summed E-state index contributed by atoms with van der Waals surface area (Å²) in [6.07, 6.45) is 5.64. The van der Waals surface area contributed by atoms with E-state index in [1.807, 2.05) is 39.1 Å². The Hall–Kier alpha value is -1.74. The van der Waals surface area contributed by atoms with Crippen molar-refractivity contribution in [2.24, 2.45) is 15.9 Å². The fourth-order valence-electron chi connectivity index (χ4n) is 3.89. The van der Waals surface area contributed by atoms with Crippen molar-refractivity contribution < 1.29 is 36.4 Å². The molecule has 0 radical (unpaired) electrons. The average molecular weight is 615 g/mol. The second-order valence-electron chi connectivity index (χ2n) is 12.3. The van der Waals surface area contributed by atoms with Crippen LogP contribution in [0, 0.1) is 20.3 Å². The predicted molar refractivity (Wildman–Crippen MR) is 169 cm³/mol. The van der Waals surface area contributed by atoms with Gasteiger partial charge in [-0.05, 0) is 86.6 Å². The average Bonchev–Trinajstić information content (AvgIpc) is 2.78. The van der Waals surface area contributed by atoms with Gasteiger partial charge in [0.25, 0.3) is 0 Å². The van der Waals surface area contributed by atoms with E-state index in [0.29, 0.717) is 29.4 Å². The molecule has 0 aliphatic carbocycles. The Bertz CT molecular complexity index is 1060. The van der Waals surface area contributed by atoms with Gasteiger partial charge in [0, 0.05) is 67.4 Å². The molecule has 2 N–H and O–H groups in total. The van der Waals surface area contributed by atoms with Crippen LogP contribution in [0.3, 0.4) is 0 Å². The molecule has 2 aromatic carbocycles. The summed E-state index contributed by atoms with van der Waals surface area (Å²) >= 11 is 0. The van der Waals surface area contributed by atoms with Crippen LogP contribution in [0.2, 0.25) is 0 Å². The van der Waals surface area contributed by atoms with Crippen molar-refractivity contribution in [3.8, 4) is 11.5 Å². The van der Waals surface area contributed by atoms with Crippen molar-refractivity contribution in [2.75, 3.05) is 0 Å². The third-order valence-corrected chi connectivity index (χ3v) is 6.16. The summed E-state index contributed by atoms with van der Waals surface area (Å²) in [6.45, 7) is 25.3. The van der Waals surface area contributed by atoms with Crippen LogP contribution >= 0.6 is 0 Å². The van der Waals surface area contributed by atoms with Gasteiger partial charge in [-0.25, -0.2) is 0 Å². The molecule has 0 aliphatic heterocycles.